The maximum Gasteiger partial charge on any atom is 0.211 e. The van der Waals surface area contributed by atoms with E-state index < -0.39 is 0 Å². The first-order chi connectivity index (χ1) is 28.1. The van der Waals surface area contributed by atoms with Crippen LogP contribution in [-0.4, -0.2) is 13.7 Å². The Labute approximate surface area is 327 Å². The molecule has 262 valence electrons. The van der Waals surface area contributed by atoms with Crippen molar-refractivity contribution in [3.8, 4) is 34.3 Å². The number of hydrogen-bond acceptors (Lipinski definition) is 1. The average molecular weight is 725 g/mol. The maximum atomic E-state index is 10.5. The van der Waals surface area contributed by atoms with Gasteiger partial charge in [0, 0.05) is 38.3 Å². The fourth-order valence-electron chi connectivity index (χ4n) is 8.90. The van der Waals surface area contributed by atoms with Crippen LogP contribution >= 0.6 is 0 Å². The molecule has 0 radical (unpaired) electrons. The van der Waals surface area contributed by atoms with Gasteiger partial charge in [-0.25, -0.2) is 9.69 Å². The smallest absolute Gasteiger partial charge is 0.211 e. The number of para-hydroxylation sites is 5. The molecule has 6 heteroatoms. The molecule has 0 bridgehead atoms. The van der Waals surface area contributed by atoms with E-state index in [1.54, 1.807) is 0 Å². The monoisotopic (exact) mass is 724 g/mol. The van der Waals surface area contributed by atoms with Gasteiger partial charge in [-0.05, 0) is 89.3 Å². The standard InChI is InChI=1S/C51H28N6/c1-53-34-22-24-49-42(29-34)43-30-35(55-45-18-7-3-12-38(45)39-13-4-8-19-46(39)55)23-25-50(43)56(49)36-27-32(31-52)26-33(28-36)37-16-11-17-44(54-2)51(37)57-47-20-9-5-14-40(47)41-15-6-10-21-48(41)57/h3-30H. The van der Waals surface area contributed by atoms with Crippen molar-refractivity contribution < 1.29 is 0 Å². The van der Waals surface area contributed by atoms with Gasteiger partial charge in [0.05, 0.1) is 63.6 Å². The highest BCUT2D eigenvalue weighted by Crippen LogP contribution is 2.43. The van der Waals surface area contributed by atoms with Crippen molar-refractivity contribution in [1.29, 1.82) is 5.26 Å². The Morgan fingerprint density at radius 1 is 0.421 bits per heavy atom. The van der Waals surface area contributed by atoms with Crippen molar-refractivity contribution >= 4 is 76.8 Å². The van der Waals surface area contributed by atoms with Crippen LogP contribution in [0, 0.1) is 24.5 Å². The lowest BCUT2D eigenvalue weighted by molar-refractivity contribution is 1.16. The highest BCUT2D eigenvalue weighted by molar-refractivity contribution is 6.13. The number of nitriles is 1. The average Bonchev–Trinajstić information content (AvgIpc) is 3.91. The summed E-state index contributed by atoms with van der Waals surface area (Å²) in [4.78, 5) is 7.84. The van der Waals surface area contributed by atoms with Crippen molar-refractivity contribution in [2.45, 2.75) is 0 Å². The fourth-order valence-corrected chi connectivity index (χ4v) is 8.90. The fraction of sp³-hybridized carbons (Fsp3) is 0. The van der Waals surface area contributed by atoms with Gasteiger partial charge in [-0.1, -0.05) is 97.1 Å². The van der Waals surface area contributed by atoms with Gasteiger partial charge in [-0.15, -0.1) is 0 Å². The molecular formula is C51H28N6. The van der Waals surface area contributed by atoms with Gasteiger partial charge in [0.15, 0.2) is 5.69 Å². The van der Waals surface area contributed by atoms with Crippen molar-refractivity contribution in [1.82, 2.24) is 13.7 Å². The lowest BCUT2D eigenvalue weighted by Gasteiger charge is -2.18. The molecule has 0 spiro atoms. The van der Waals surface area contributed by atoms with E-state index in [9.17, 15) is 5.26 Å². The summed E-state index contributed by atoms with van der Waals surface area (Å²) in [7, 11) is 0. The van der Waals surface area contributed by atoms with E-state index in [1.165, 1.54) is 10.8 Å². The van der Waals surface area contributed by atoms with E-state index in [4.69, 9.17) is 13.1 Å². The van der Waals surface area contributed by atoms with Gasteiger partial charge in [0.1, 0.15) is 0 Å². The highest BCUT2D eigenvalue weighted by Gasteiger charge is 2.21. The summed E-state index contributed by atoms with van der Waals surface area (Å²) < 4.78 is 6.69. The van der Waals surface area contributed by atoms with Crippen LogP contribution in [0.25, 0.3) is 103 Å². The predicted molar refractivity (Wildman–Crippen MR) is 232 cm³/mol. The molecule has 3 aromatic heterocycles. The Morgan fingerprint density at radius 2 is 0.947 bits per heavy atom. The number of rotatable bonds is 4. The molecule has 0 aliphatic rings. The molecule has 3 heterocycles. The molecule has 0 aliphatic heterocycles. The highest BCUT2D eigenvalue weighted by atomic mass is 15.0. The van der Waals surface area contributed by atoms with E-state index in [0.717, 1.165) is 82.8 Å². The van der Waals surface area contributed by atoms with Crippen LogP contribution in [0.5, 0.6) is 0 Å². The molecule has 0 fully saturated rings. The third kappa shape index (κ3) is 4.68. The first-order valence-corrected chi connectivity index (χ1v) is 18.6. The van der Waals surface area contributed by atoms with Crippen LogP contribution in [0.1, 0.15) is 5.56 Å². The topological polar surface area (TPSA) is 47.3 Å². The van der Waals surface area contributed by atoms with Crippen molar-refractivity contribution in [2.75, 3.05) is 0 Å². The lowest BCUT2D eigenvalue weighted by atomic mass is 9.99. The van der Waals surface area contributed by atoms with E-state index in [2.05, 4.69) is 127 Å². The molecule has 11 rings (SSSR count). The first-order valence-electron chi connectivity index (χ1n) is 18.6. The minimum atomic E-state index is 0.499. The molecule has 0 atom stereocenters. The minimum absolute atomic E-state index is 0.499. The molecule has 0 unspecified atom stereocenters. The molecular weight excluding hydrogens is 697 g/mol. The number of aromatic nitrogens is 3. The Hall–Kier alpha value is -8.37. The summed E-state index contributed by atoms with van der Waals surface area (Å²) in [5, 5.41) is 17.1. The molecule has 0 N–H and O–H groups in total. The van der Waals surface area contributed by atoms with Crippen LogP contribution < -0.4 is 0 Å². The van der Waals surface area contributed by atoms with Crippen molar-refractivity contribution in [3.63, 3.8) is 0 Å². The van der Waals surface area contributed by atoms with Gasteiger partial charge in [0.2, 0.25) is 5.69 Å². The largest absolute Gasteiger partial charge is 0.318 e. The third-order valence-corrected chi connectivity index (χ3v) is 11.3. The van der Waals surface area contributed by atoms with E-state index in [0.29, 0.717) is 16.9 Å². The van der Waals surface area contributed by atoms with Crippen LogP contribution in [0.4, 0.5) is 11.4 Å². The molecule has 0 amide bonds. The molecule has 57 heavy (non-hydrogen) atoms. The SMILES string of the molecule is [C-]#[N+]c1ccc2c(c1)c1cc(-n3c4ccccc4c4ccccc43)ccc1n2-c1cc(C#N)cc(-c2cccc([N+]#[C-])c2-n2c3ccccc3c3ccccc32)c1. The lowest BCUT2D eigenvalue weighted by Crippen LogP contribution is -2.00. The molecule has 0 saturated carbocycles. The van der Waals surface area contributed by atoms with Gasteiger partial charge < -0.3 is 13.7 Å². The Bertz CT molecular complexity index is 3520. The van der Waals surface area contributed by atoms with Crippen LogP contribution in [0.3, 0.4) is 0 Å². The Morgan fingerprint density at radius 3 is 1.53 bits per heavy atom. The Kier molecular flexibility index (Phi) is 6.95. The minimum Gasteiger partial charge on any atom is -0.318 e. The second-order valence-corrected chi connectivity index (χ2v) is 14.3. The van der Waals surface area contributed by atoms with Crippen molar-refractivity contribution in [3.05, 3.63) is 198 Å². The summed E-state index contributed by atoms with van der Waals surface area (Å²) in [5.41, 5.74) is 12.0. The van der Waals surface area contributed by atoms with Gasteiger partial charge in [0.25, 0.3) is 0 Å². The van der Waals surface area contributed by atoms with Gasteiger partial charge in [-0.3, -0.25) is 0 Å². The summed E-state index contributed by atoms with van der Waals surface area (Å²) in [6, 6.07) is 60.1. The first kappa shape index (κ1) is 32.1. The molecule has 11 aromatic rings. The van der Waals surface area contributed by atoms with Gasteiger partial charge in [-0.2, -0.15) is 5.26 Å². The van der Waals surface area contributed by atoms with Crippen molar-refractivity contribution in [2.24, 2.45) is 0 Å². The second kappa shape index (κ2) is 12.3. The zero-order chi connectivity index (χ0) is 38.2. The second-order valence-electron chi connectivity index (χ2n) is 14.3. The normalized spacial score (nSPS) is 11.5. The zero-order valence-electron chi connectivity index (χ0n) is 30.3. The Balaban J connectivity index is 1.18. The predicted octanol–water partition coefficient (Wildman–Crippen LogP) is 13.6. The summed E-state index contributed by atoms with van der Waals surface area (Å²) in [6.07, 6.45) is 0. The van der Waals surface area contributed by atoms with Crippen LogP contribution in [-0.2, 0) is 0 Å². The molecule has 0 saturated heterocycles. The molecule has 0 aliphatic carbocycles. The number of fused-ring (bicyclic) bond motifs is 9. The molecule has 8 aromatic carbocycles. The summed E-state index contributed by atoms with van der Waals surface area (Å²) in [6.45, 7) is 16.2. The number of nitrogens with zero attached hydrogens (tertiary/aromatic N) is 6. The summed E-state index contributed by atoms with van der Waals surface area (Å²) in [5.74, 6) is 0. The number of hydrogen-bond donors (Lipinski definition) is 0. The van der Waals surface area contributed by atoms with E-state index >= 15 is 0 Å². The summed E-state index contributed by atoms with van der Waals surface area (Å²) >= 11 is 0. The van der Waals surface area contributed by atoms with E-state index in [1.807, 2.05) is 72.8 Å². The zero-order valence-corrected chi connectivity index (χ0v) is 30.3. The third-order valence-electron chi connectivity index (χ3n) is 11.3. The van der Waals surface area contributed by atoms with Crippen LogP contribution in [0.15, 0.2) is 170 Å². The van der Waals surface area contributed by atoms with Crippen LogP contribution in [0.2, 0.25) is 0 Å². The number of benzene rings is 8. The quantitative estimate of drug-likeness (QED) is 0.167. The molecule has 6 nitrogen and oxygen atoms in total. The van der Waals surface area contributed by atoms with Gasteiger partial charge >= 0.3 is 0 Å². The van der Waals surface area contributed by atoms with E-state index in [-0.39, 0.29) is 0 Å². The maximum absolute atomic E-state index is 10.5.